The SMILES string of the molecule is Cc1csc(-c2ccc(OCCNC(C)C3CC3)cc2)n1. The second kappa shape index (κ2) is 6.58. The monoisotopic (exact) mass is 302 g/mol. The Morgan fingerprint density at radius 1 is 1.33 bits per heavy atom. The lowest BCUT2D eigenvalue weighted by atomic mass is 10.2. The fourth-order valence-corrected chi connectivity index (χ4v) is 3.20. The van der Waals surface area contributed by atoms with Crippen molar-refractivity contribution in [2.24, 2.45) is 5.92 Å². The fourth-order valence-electron chi connectivity index (χ4n) is 2.40. The Bertz CT molecular complexity index is 575. The predicted octanol–water partition coefficient (Wildman–Crippen LogP) is 3.89. The van der Waals surface area contributed by atoms with Crippen LogP contribution in [0.5, 0.6) is 5.75 Å². The summed E-state index contributed by atoms with van der Waals surface area (Å²) in [5, 5.41) is 6.67. The van der Waals surface area contributed by atoms with Gasteiger partial charge in [0.05, 0.1) is 0 Å². The molecule has 0 bridgehead atoms. The van der Waals surface area contributed by atoms with Crippen molar-refractivity contribution < 1.29 is 4.74 Å². The van der Waals surface area contributed by atoms with Crippen molar-refractivity contribution in [2.75, 3.05) is 13.2 Å². The van der Waals surface area contributed by atoms with Gasteiger partial charge in [0, 0.05) is 29.2 Å². The number of hydrogen-bond donors (Lipinski definition) is 1. The second-order valence-corrected chi connectivity index (χ2v) is 6.61. The standard InChI is InChI=1S/C17H22N2OS/c1-12-11-21-17(19-12)15-5-7-16(8-6-15)20-10-9-18-13(2)14-3-4-14/h5-8,11,13-14,18H,3-4,9-10H2,1-2H3. The Kier molecular flexibility index (Phi) is 4.56. The summed E-state index contributed by atoms with van der Waals surface area (Å²) in [4.78, 5) is 4.50. The van der Waals surface area contributed by atoms with Crippen LogP contribution >= 0.6 is 11.3 Å². The quantitative estimate of drug-likeness (QED) is 0.788. The van der Waals surface area contributed by atoms with Gasteiger partial charge in [0.15, 0.2) is 0 Å². The third-order valence-corrected chi connectivity index (χ3v) is 4.90. The van der Waals surface area contributed by atoms with Crippen LogP contribution in [0, 0.1) is 12.8 Å². The van der Waals surface area contributed by atoms with Crippen molar-refractivity contribution in [3.8, 4) is 16.3 Å². The van der Waals surface area contributed by atoms with Crippen LogP contribution in [-0.2, 0) is 0 Å². The Labute approximate surface area is 130 Å². The fraction of sp³-hybridized carbons (Fsp3) is 0.471. The summed E-state index contributed by atoms with van der Waals surface area (Å²) in [6, 6.07) is 8.83. The van der Waals surface area contributed by atoms with E-state index in [-0.39, 0.29) is 0 Å². The lowest BCUT2D eigenvalue weighted by molar-refractivity contribution is 0.303. The number of rotatable bonds is 7. The number of aromatic nitrogens is 1. The maximum absolute atomic E-state index is 5.77. The Balaban J connectivity index is 1.45. The van der Waals surface area contributed by atoms with Gasteiger partial charge in [-0.05, 0) is 56.9 Å². The average Bonchev–Trinajstić information content (AvgIpc) is 3.26. The van der Waals surface area contributed by atoms with Crippen molar-refractivity contribution in [3.63, 3.8) is 0 Å². The van der Waals surface area contributed by atoms with Crippen LogP contribution in [0.3, 0.4) is 0 Å². The van der Waals surface area contributed by atoms with Gasteiger partial charge in [0.2, 0.25) is 0 Å². The van der Waals surface area contributed by atoms with Gasteiger partial charge in [-0.25, -0.2) is 4.98 Å². The van der Waals surface area contributed by atoms with Crippen molar-refractivity contribution in [1.29, 1.82) is 0 Å². The normalized spacial score (nSPS) is 15.9. The second-order valence-electron chi connectivity index (χ2n) is 5.75. The van der Waals surface area contributed by atoms with Crippen LogP contribution in [-0.4, -0.2) is 24.2 Å². The van der Waals surface area contributed by atoms with E-state index in [2.05, 4.69) is 34.7 Å². The van der Waals surface area contributed by atoms with E-state index in [1.165, 1.54) is 12.8 Å². The van der Waals surface area contributed by atoms with Gasteiger partial charge < -0.3 is 10.1 Å². The smallest absolute Gasteiger partial charge is 0.123 e. The molecule has 1 aliphatic carbocycles. The molecule has 0 amide bonds. The van der Waals surface area contributed by atoms with E-state index < -0.39 is 0 Å². The molecule has 112 valence electrons. The molecule has 1 fully saturated rings. The van der Waals surface area contributed by atoms with Crippen LogP contribution in [0.1, 0.15) is 25.5 Å². The third kappa shape index (κ3) is 4.05. The van der Waals surface area contributed by atoms with Gasteiger partial charge >= 0.3 is 0 Å². The summed E-state index contributed by atoms with van der Waals surface area (Å²) < 4.78 is 5.77. The van der Waals surface area contributed by atoms with E-state index in [1.807, 2.05) is 19.1 Å². The van der Waals surface area contributed by atoms with Gasteiger partial charge in [-0.15, -0.1) is 11.3 Å². The van der Waals surface area contributed by atoms with Crippen LogP contribution in [0.4, 0.5) is 0 Å². The zero-order chi connectivity index (χ0) is 14.7. The number of thiazole rings is 1. The van der Waals surface area contributed by atoms with Crippen LogP contribution in [0.15, 0.2) is 29.6 Å². The van der Waals surface area contributed by atoms with Crippen molar-refractivity contribution in [1.82, 2.24) is 10.3 Å². The zero-order valence-electron chi connectivity index (χ0n) is 12.6. The molecule has 0 aliphatic heterocycles. The first-order valence-electron chi connectivity index (χ1n) is 7.61. The highest BCUT2D eigenvalue weighted by atomic mass is 32.1. The molecule has 1 atom stereocenters. The molecule has 1 heterocycles. The first kappa shape index (κ1) is 14.5. The molecule has 0 saturated heterocycles. The topological polar surface area (TPSA) is 34.1 Å². The summed E-state index contributed by atoms with van der Waals surface area (Å²) in [5.74, 6) is 1.82. The van der Waals surface area contributed by atoms with Gasteiger partial charge in [0.1, 0.15) is 17.4 Å². The van der Waals surface area contributed by atoms with E-state index in [0.717, 1.165) is 34.5 Å². The first-order chi connectivity index (χ1) is 10.2. The van der Waals surface area contributed by atoms with E-state index in [9.17, 15) is 0 Å². The number of nitrogens with one attached hydrogen (secondary N) is 1. The number of aryl methyl sites for hydroxylation is 1. The zero-order valence-corrected chi connectivity index (χ0v) is 13.5. The minimum Gasteiger partial charge on any atom is -0.492 e. The number of hydrogen-bond acceptors (Lipinski definition) is 4. The minimum absolute atomic E-state index is 0.629. The first-order valence-corrected chi connectivity index (χ1v) is 8.49. The molecule has 0 radical (unpaired) electrons. The molecule has 1 saturated carbocycles. The van der Waals surface area contributed by atoms with Crippen molar-refractivity contribution >= 4 is 11.3 Å². The minimum atomic E-state index is 0.629. The summed E-state index contributed by atoms with van der Waals surface area (Å²) in [6.45, 7) is 5.91. The Morgan fingerprint density at radius 3 is 2.71 bits per heavy atom. The van der Waals surface area contributed by atoms with Gasteiger partial charge in [-0.3, -0.25) is 0 Å². The number of benzene rings is 1. The van der Waals surface area contributed by atoms with Crippen LogP contribution in [0.2, 0.25) is 0 Å². The largest absolute Gasteiger partial charge is 0.492 e. The van der Waals surface area contributed by atoms with E-state index in [0.29, 0.717) is 12.6 Å². The molecule has 0 spiro atoms. The van der Waals surface area contributed by atoms with Gasteiger partial charge in [0.25, 0.3) is 0 Å². The highest BCUT2D eigenvalue weighted by molar-refractivity contribution is 7.13. The van der Waals surface area contributed by atoms with Crippen molar-refractivity contribution in [3.05, 3.63) is 35.3 Å². The highest BCUT2D eigenvalue weighted by Crippen LogP contribution is 2.32. The maximum atomic E-state index is 5.77. The van der Waals surface area contributed by atoms with Crippen LogP contribution < -0.4 is 10.1 Å². The molecule has 1 unspecified atom stereocenters. The molecular weight excluding hydrogens is 280 g/mol. The van der Waals surface area contributed by atoms with Gasteiger partial charge in [-0.1, -0.05) is 0 Å². The lowest BCUT2D eigenvalue weighted by Crippen LogP contribution is -2.31. The maximum Gasteiger partial charge on any atom is 0.123 e. The molecule has 1 N–H and O–H groups in total. The number of nitrogens with zero attached hydrogens (tertiary/aromatic N) is 1. The van der Waals surface area contributed by atoms with Crippen LogP contribution in [0.25, 0.3) is 10.6 Å². The summed E-state index contributed by atoms with van der Waals surface area (Å²) >= 11 is 1.68. The van der Waals surface area contributed by atoms with Gasteiger partial charge in [-0.2, -0.15) is 0 Å². The molecule has 3 rings (SSSR count). The predicted molar refractivity (Wildman–Crippen MR) is 88.0 cm³/mol. The molecular formula is C17H22N2OS. The molecule has 2 aromatic rings. The third-order valence-electron chi connectivity index (χ3n) is 3.89. The van der Waals surface area contributed by atoms with E-state index in [4.69, 9.17) is 4.74 Å². The molecule has 3 nitrogen and oxygen atoms in total. The Hall–Kier alpha value is -1.39. The van der Waals surface area contributed by atoms with Crippen molar-refractivity contribution in [2.45, 2.75) is 32.7 Å². The average molecular weight is 302 g/mol. The molecule has 1 aromatic heterocycles. The molecule has 4 heteroatoms. The Morgan fingerprint density at radius 2 is 2.10 bits per heavy atom. The molecule has 1 aromatic carbocycles. The highest BCUT2D eigenvalue weighted by Gasteiger charge is 2.27. The molecule has 21 heavy (non-hydrogen) atoms. The lowest BCUT2D eigenvalue weighted by Gasteiger charge is -2.13. The number of ether oxygens (including phenoxy) is 1. The summed E-state index contributed by atoms with van der Waals surface area (Å²) in [5.41, 5.74) is 2.23. The summed E-state index contributed by atoms with van der Waals surface area (Å²) in [7, 11) is 0. The van der Waals surface area contributed by atoms with E-state index >= 15 is 0 Å². The summed E-state index contributed by atoms with van der Waals surface area (Å²) in [6.07, 6.45) is 2.76. The molecule has 1 aliphatic rings. The van der Waals surface area contributed by atoms with E-state index in [1.54, 1.807) is 11.3 Å².